The van der Waals surface area contributed by atoms with Crippen molar-refractivity contribution in [1.29, 1.82) is 0 Å². The molecule has 16 heteroatoms. The molecule has 8 rings (SSSR count). The first-order chi connectivity index (χ1) is 28.3. The summed E-state index contributed by atoms with van der Waals surface area (Å²) in [5, 5.41) is 5.13. The molecule has 13 nitrogen and oxygen atoms in total. The van der Waals surface area contributed by atoms with Crippen LogP contribution in [0.2, 0.25) is 0 Å². The molecule has 1 unspecified atom stereocenters. The van der Waals surface area contributed by atoms with Crippen LogP contribution in [-0.2, 0) is 27.0 Å². The van der Waals surface area contributed by atoms with Gasteiger partial charge in [0.25, 0.3) is 11.8 Å². The first-order valence-electron chi connectivity index (χ1n) is 20.3. The van der Waals surface area contributed by atoms with Gasteiger partial charge < -0.3 is 20.0 Å². The van der Waals surface area contributed by atoms with Crippen LogP contribution in [0.1, 0.15) is 76.8 Å². The van der Waals surface area contributed by atoms with E-state index >= 15 is 0 Å². The van der Waals surface area contributed by atoms with Gasteiger partial charge in [0.2, 0.25) is 17.7 Å². The fourth-order valence-corrected chi connectivity index (χ4v) is 9.09. The van der Waals surface area contributed by atoms with Gasteiger partial charge in [0, 0.05) is 75.7 Å². The molecular weight excluding hydrogens is 766 g/mol. The molecule has 6 heterocycles. The summed E-state index contributed by atoms with van der Waals surface area (Å²) in [7, 11) is 0. The molecule has 1 atom stereocenters. The van der Waals surface area contributed by atoms with E-state index in [0.29, 0.717) is 54.8 Å². The number of pyridine rings is 1. The number of amides is 5. The second kappa shape index (κ2) is 16.4. The van der Waals surface area contributed by atoms with Gasteiger partial charge in [-0.3, -0.25) is 34.2 Å². The van der Waals surface area contributed by atoms with Crippen LogP contribution in [0, 0.1) is 24.3 Å². The Morgan fingerprint density at radius 1 is 0.847 bits per heavy atom. The predicted molar refractivity (Wildman–Crippen MR) is 212 cm³/mol. The minimum absolute atomic E-state index is 0.0836. The molecular formula is C43H45F3N8O5. The zero-order valence-electron chi connectivity index (χ0n) is 32.5. The third-order valence-electron chi connectivity index (χ3n) is 12.5. The summed E-state index contributed by atoms with van der Waals surface area (Å²) in [5.41, 5.74) is 1.60. The molecule has 1 aromatic heterocycles. The smallest absolute Gasteiger partial charge is 0.372 e. The maximum absolute atomic E-state index is 13.5. The number of imide groups is 2. The van der Waals surface area contributed by atoms with E-state index in [-0.39, 0.29) is 30.2 Å². The zero-order chi connectivity index (χ0) is 41.4. The van der Waals surface area contributed by atoms with Gasteiger partial charge in [0.05, 0.1) is 23.3 Å². The predicted octanol–water partition coefficient (Wildman–Crippen LogP) is 5.69. The highest BCUT2D eigenvalue weighted by Gasteiger charge is 2.45. The number of benzene rings is 2. The van der Waals surface area contributed by atoms with Crippen LogP contribution in [0.3, 0.4) is 0 Å². The van der Waals surface area contributed by atoms with Crippen molar-refractivity contribution in [3.05, 3.63) is 88.4 Å². The molecule has 4 saturated heterocycles. The minimum Gasteiger partial charge on any atom is -0.372 e. The summed E-state index contributed by atoms with van der Waals surface area (Å²) in [6.07, 6.45) is 2.37. The number of hydrogen-bond donors (Lipinski definition) is 2. The number of halogens is 3. The van der Waals surface area contributed by atoms with Gasteiger partial charge in [-0.2, -0.15) is 13.2 Å². The van der Waals surface area contributed by atoms with Gasteiger partial charge in [-0.05, 0) is 98.7 Å². The summed E-state index contributed by atoms with van der Waals surface area (Å²) in [6.45, 7) is 12.8. The van der Waals surface area contributed by atoms with Crippen LogP contribution in [0.25, 0.3) is 4.85 Å². The monoisotopic (exact) mass is 810 g/mol. The second-order valence-corrected chi connectivity index (χ2v) is 16.3. The van der Waals surface area contributed by atoms with Crippen LogP contribution in [0.5, 0.6) is 0 Å². The molecule has 0 spiro atoms. The SMILES string of the molecule is [C-]#[N+]c1ccc(N2CCC(C(=O)Nc3ccc(CCC4CN(CC5CCN(c6ccc7c(c6)C(=O)N(C6CCC(=O)NC6=O)C7=O)CC5)C4)cn3)CC2)cc1C(F)(F)F. The summed E-state index contributed by atoms with van der Waals surface area (Å²) >= 11 is 0. The van der Waals surface area contributed by atoms with Crippen molar-refractivity contribution in [2.24, 2.45) is 17.8 Å². The molecule has 0 radical (unpaired) electrons. The third-order valence-corrected chi connectivity index (χ3v) is 12.5. The van der Waals surface area contributed by atoms with Crippen molar-refractivity contribution in [3.8, 4) is 0 Å². The van der Waals surface area contributed by atoms with Crippen molar-refractivity contribution in [3.63, 3.8) is 0 Å². The van der Waals surface area contributed by atoms with Gasteiger partial charge in [0.15, 0.2) is 5.69 Å². The molecule has 2 N–H and O–H groups in total. The molecule has 3 aromatic rings. The Balaban J connectivity index is 0.728. The van der Waals surface area contributed by atoms with Gasteiger partial charge in [-0.1, -0.05) is 12.1 Å². The molecule has 59 heavy (non-hydrogen) atoms. The molecule has 5 aliphatic heterocycles. The number of carbonyl (C=O) groups is 5. The lowest BCUT2D eigenvalue weighted by molar-refractivity contribution is -0.137. The molecule has 4 fully saturated rings. The van der Waals surface area contributed by atoms with Gasteiger partial charge in [-0.15, -0.1) is 0 Å². The fourth-order valence-electron chi connectivity index (χ4n) is 9.09. The highest BCUT2D eigenvalue weighted by molar-refractivity contribution is 6.23. The lowest BCUT2D eigenvalue weighted by Crippen LogP contribution is -2.54. The fraction of sp³-hybridized carbons (Fsp3) is 0.465. The molecule has 0 saturated carbocycles. The molecule has 5 amide bonds. The van der Waals surface area contributed by atoms with Crippen LogP contribution in [0.15, 0.2) is 54.7 Å². The number of anilines is 3. The lowest BCUT2D eigenvalue weighted by Gasteiger charge is -2.43. The third kappa shape index (κ3) is 8.52. The molecule has 0 aliphatic carbocycles. The van der Waals surface area contributed by atoms with Crippen molar-refractivity contribution in [2.75, 3.05) is 60.9 Å². The van der Waals surface area contributed by atoms with E-state index in [2.05, 4.69) is 30.3 Å². The molecule has 308 valence electrons. The highest BCUT2D eigenvalue weighted by atomic mass is 19.4. The number of aromatic nitrogens is 1. The maximum Gasteiger partial charge on any atom is 0.407 e. The summed E-state index contributed by atoms with van der Waals surface area (Å²) < 4.78 is 40.4. The summed E-state index contributed by atoms with van der Waals surface area (Å²) in [4.78, 5) is 78.4. The quantitative estimate of drug-likeness (QED) is 0.196. The van der Waals surface area contributed by atoms with E-state index in [4.69, 9.17) is 6.57 Å². The van der Waals surface area contributed by atoms with E-state index in [1.54, 1.807) is 18.3 Å². The van der Waals surface area contributed by atoms with Gasteiger partial charge >= 0.3 is 6.18 Å². The number of nitrogens with zero attached hydrogens (tertiary/aromatic N) is 6. The van der Waals surface area contributed by atoms with Crippen molar-refractivity contribution in [2.45, 2.75) is 63.6 Å². The van der Waals surface area contributed by atoms with Crippen molar-refractivity contribution in [1.82, 2.24) is 20.1 Å². The number of alkyl halides is 3. The number of piperidine rings is 3. The Hall–Kier alpha value is -5.82. The van der Waals surface area contributed by atoms with Crippen LogP contribution in [0.4, 0.5) is 36.1 Å². The number of rotatable bonds is 10. The van der Waals surface area contributed by atoms with Crippen molar-refractivity contribution < 1.29 is 37.1 Å². The van der Waals surface area contributed by atoms with E-state index in [0.717, 1.165) is 80.6 Å². The largest absolute Gasteiger partial charge is 0.407 e. The number of fused-ring (bicyclic) bond motifs is 1. The summed E-state index contributed by atoms with van der Waals surface area (Å²) in [5.74, 6) is -0.783. The van der Waals surface area contributed by atoms with Crippen LogP contribution in [-0.4, -0.2) is 96.2 Å². The zero-order valence-corrected chi connectivity index (χ0v) is 32.5. The first-order valence-corrected chi connectivity index (χ1v) is 20.3. The van der Waals surface area contributed by atoms with Crippen molar-refractivity contribution >= 4 is 52.4 Å². The average molecular weight is 811 g/mol. The number of likely N-dealkylation sites (tertiary alicyclic amines) is 1. The molecule has 0 bridgehead atoms. The maximum atomic E-state index is 13.5. The Bertz CT molecular complexity index is 2190. The highest BCUT2D eigenvalue weighted by Crippen LogP contribution is 2.40. The van der Waals surface area contributed by atoms with E-state index < -0.39 is 47.1 Å². The van der Waals surface area contributed by atoms with Crippen LogP contribution >= 0.6 is 0 Å². The first kappa shape index (κ1) is 40.0. The summed E-state index contributed by atoms with van der Waals surface area (Å²) in [6, 6.07) is 11.9. The van der Waals surface area contributed by atoms with E-state index in [1.165, 1.54) is 12.1 Å². The second-order valence-electron chi connectivity index (χ2n) is 16.3. The topological polar surface area (TPSA) is 140 Å². The van der Waals surface area contributed by atoms with E-state index in [9.17, 15) is 37.1 Å². The average Bonchev–Trinajstić information content (AvgIpc) is 3.46. The number of carbonyl (C=O) groups excluding carboxylic acids is 5. The Labute approximate surface area is 339 Å². The number of aryl methyl sites for hydroxylation is 1. The minimum atomic E-state index is -4.61. The molecule has 5 aliphatic rings. The molecule has 2 aromatic carbocycles. The Kier molecular flexibility index (Phi) is 11.1. The Morgan fingerprint density at radius 2 is 1.53 bits per heavy atom. The lowest BCUT2D eigenvalue weighted by atomic mass is 9.89. The Morgan fingerprint density at radius 3 is 2.19 bits per heavy atom. The van der Waals surface area contributed by atoms with Gasteiger partial charge in [0.1, 0.15) is 11.9 Å². The number of hydrogen-bond acceptors (Lipinski definition) is 9. The standard InChI is InChI=1S/C43H45F3N8O5/c1-47-35-8-6-31(21-34(35)43(44,45)46)53-18-14-29(15-19-53)39(56)49-37-10-4-26(22-48-37)2-3-28-24-51(25-28)23-27-12-16-52(17-13-27)30-5-7-32-33(20-30)42(59)54(41(32)58)36-9-11-38(55)50-40(36)57/h4-8,10,20-22,27-29,36H,2-3,9,11-19,23-25H2,(H,48,49,56)(H,50,55,57). The van der Waals surface area contributed by atoms with Gasteiger partial charge in [-0.25, -0.2) is 9.83 Å². The van der Waals surface area contributed by atoms with Crippen LogP contribution < -0.4 is 20.4 Å². The van der Waals surface area contributed by atoms with E-state index in [1.807, 2.05) is 23.1 Å². The normalized spacial score (nSPS) is 21.0. The number of nitrogens with one attached hydrogen (secondary N) is 2.